The Bertz CT molecular complexity index is 635. The van der Waals surface area contributed by atoms with Gasteiger partial charge in [0, 0.05) is 4.47 Å². The van der Waals surface area contributed by atoms with Crippen molar-refractivity contribution in [2.24, 2.45) is 11.8 Å². The van der Waals surface area contributed by atoms with Gasteiger partial charge in [-0.1, -0.05) is 27.6 Å². The van der Waals surface area contributed by atoms with Gasteiger partial charge in [0.25, 0.3) is 0 Å². The third-order valence-electron chi connectivity index (χ3n) is 4.22. The topological polar surface area (TPSA) is 37.4 Å². The predicted octanol–water partition coefficient (Wildman–Crippen LogP) is 3.60. The zero-order chi connectivity index (χ0) is 14.4. The Morgan fingerprint density at radius 2 is 1.85 bits per heavy atom. The van der Waals surface area contributed by atoms with Crippen molar-refractivity contribution in [2.45, 2.75) is 26.7 Å². The highest BCUT2D eigenvalue weighted by Crippen LogP contribution is 2.40. The summed E-state index contributed by atoms with van der Waals surface area (Å²) >= 11 is 3.44. The zero-order valence-electron chi connectivity index (χ0n) is 11.5. The number of hydrogen-bond acceptors (Lipinski definition) is 2. The molecule has 0 aromatic heterocycles. The van der Waals surface area contributed by atoms with E-state index in [1.54, 1.807) is 0 Å². The summed E-state index contributed by atoms with van der Waals surface area (Å²) in [6, 6.07) is 5.60. The lowest BCUT2D eigenvalue weighted by Gasteiger charge is -2.18. The third kappa shape index (κ3) is 2.03. The highest BCUT2D eigenvalue weighted by molar-refractivity contribution is 9.10. The summed E-state index contributed by atoms with van der Waals surface area (Å²) in [4.78, 5) is 26.5. The highest BCUT2D eigenvalue weighted by atomic mass is 79.9. The van der Waals surface area contributed by atoms with Gasteiger partial charge in [-0.15, -0.1) is 0 Å². The number of carbonyl (C=O) groups is 2. The lowest BCUT2D eigenvalue weighted by molar-refractivity contribution is -0.122. The average Bonchev–Trinajstić information content (AvgIpc) is 2.65. The zero-order valence-corrected chi connectivity index (χ0v) is 13.1. The van der Waals surface area contributed by atoms with Gasteiger partial charge in [0.05, 0.1) is 17.5 Å². The summed E-state index contributed by atoms with van der Waals surface area (Å²) in [5.74, 6) is -0.439. The number of fused-ring (bicyclic) bond motifs is 1. The summed E-state index contributed by atoms with van der Waals surface area (Å²) in [7, 11) is 0. The van der Waals surface area contributed by atoms with E-state index < -0.39 is 0 Å². The first kappa shape index (κ1) is 13.6. The number of halogens is 1. The SMILES string of the molecule is CC1=CCC2C(=O)N(c3ccc(Br)c(C)c3)C(=O)C2C1. The van der Waals surface area contributed by atoms with Crippen LogP contribution >= 0.6 is 15.9 Å². The molecule has 1 aromatic rings. The van der Waals surface area contributed by atoms with Crippen molar-refractivity contribution >= 4 is 33.4 Å². The molecule has 1 fully saturated rings. The van der Waals surface area contributed by atoms with Gasteiger partial charge in [-0.25, -0.2) is 0 Å². The van der Waals surface area contributed by atoms with Gasteiger partial charge in [-0.3, -0.25) is 14.5 Å². The van der Waals surface area contributed by atoms with E-state index in [4.69, 9.17) is 0 Å². The van der Waals surface area contributed by atoms with E-state index >= 15 is 0 Å². The number of allylic oxidation sites excluding steroid dienone is 2. The van der Waals surface area contributed by atoms with Gasteiger partial charge in [0.1, 0.15) is 0 Å². The van der Waals surface area contributed by atoms with Gasteiger partial charge >= 0.3 is 0 Å². The highest BCUT2D eigenvalue weighted by Gasteiger charge is 2.48. The number of carbonyl (C=O) groups excluding carboxylic acids is 2. The van der Waals surface area contributed by atoms with Crippen LogP contribution in [0.25, 0.3) is 0 Å². The minimum atomic E-state index is -0.171. The van der Waals surface area contributed by atoms with Crippen LogP contribution in [0.2, 0.25) is 0 Å². The van der Waals surface area contributed by atoms with Crippen molar-refractivity contribution in [2.75, 3.05) is 4.90 Å². The summed E-state index contributed by atoms with van der Waals surface area (Å²) in [6.45, 7) is 3.98. The number of hydrogen-bond donors (Lipinski definition) is 0. The molecule has 3 nitrogen and oxygen atoms in total. The molecule has 20 heavy (non-hydrogen) atoms. The molecule has 0 spiro atoms. The van der Waals surface area contributed by atoms with Gasteiger partial charge < -0.3 is 0 Å². The van der Waals surface area contributed by atoms with E-state index in [1.165, 1.54) is 10.5 Å². The number of rotatable bonds is 1. The first-order valence-corrected chi connectivity index (χ1v) is 7.58. The van der Waals surface area contributed by atoms with Crippen LogP contribution < -0.4 is 4.90 Å². The fourth-order valence-electron chi connectivity index (χ4n) is 3.06. The maximum atomic E-state index is 12.6. The summed E-state index contributed by atoms with van der Waals surface area (Å²) < 4.78 is 0.982. The molecule has 0 bridgehead atoms. The molecule has 4 heteroatoms. The molecule has 1 heterocycles. The van der Waals surface area contributed by atoms with Crippen molar-refractivity contribution in [3.8, 4) is 0 Å². The molecule has 0 N–H and O–H groups in total. The van der Waals surface area contributed by atoms with Crippen molar-refractivity contribution in [1.82, 2.24) is 0 Å². The molecule has 104 valence electrons. The van der Waals surface area contributed by atoms with Gasteiger partial charge in [0.2, 0.25) is 11.8 Å². The smallest absolute Gasteiger partial charge is 0.238 e. The van der Waals surface area contributed by atoms with E-state index in [0.29, 0.717) is 18.5 Å². The molecule has 2 unspecified atom stereocenters. The van der Waals surface area contributed by atoms with Crippen LogP contribution in [0.15, 0.2) is 34.3 Å². The molecule has 1 saturated heterocycles. The molecule has 2 amide bonds. The Kier molecular flexibility index (Phi) is 3.28. The molecule has 2 atom stereocenters. The number of anilines is 1. The second-order valence-corrected chi connectivity index (χ2v) is 6.50. The minimum Gasteiger partial charge on any atom is -0.274 e. The number of amides is 2. The van der Waals surface area contributed by atoms with Crippen LogP contribution in [0.1, 0.15) is 25.3 Å². The van der Waals surface area contributed by atoms with Crippen molar-refractivity contribution in [3.05, 3.63) is 39.9 Å². The minimum absolute atomic E-state index is 0.0471. The van der Waals surface area contributed by atoms with Crippen LogP contribution in [0.4, 0.5) is 5.69 Å². The largest absolute Gasteiger partial charge is 0.274 e. The van der Waals surface area contributed by atoms with Crippen LogP contribution in [0.5, 0.6) is 0 Å². The number of nitrogens with zero attached hydrogens (tertiary/aromatic N) is 1. The molecule has 1 aromatic carbocycles. The lowest BCUT2D eigenvalue weighted by Crippen LogP contribution is -2.30. The first-order chi connectivity index (χ1) is 9.49. The van der Waals surface area contributed by atoms with Crippen molar-refractivity contribution in [3.63, 3.8) is 0 Å². The monoisotopic (exact) mass is 333 g/mol. The first-order valence-electron chi connectivity index (χ1n) is 6.78. The van der Waals surface area contributed by atoms with E-state index in [0.717, 1.165) is 10.0 Å². The Balaban J connectivity index is 1.97. The summed E-state index contributed by atoms with van der Waals surface area (Å²) in [5.41, 5.74) is 2.92. The van der Waals surface area contributed by atoms with Crippen LogP contribution in [-0.2, 0) is 9.59 Å². The Hall–Kier alpha value is -1.42. The van der Waals surface area contributed by atoms with Crippen molar-refractivity contribution in [1.29, 1.82) is 0 Å². The van der Waals surface area contributed by atoms with Gasteiger partial charge in [-0.2, -0.15) is 0 Å². The fraction of sp³-hybridized carbons (Fsp3) is 0.375. The summed E-state index contributed by atoms with van der Waals surface area (Å²) in [6.07, 6.45) is 3.48. The maximum absolute atomic E-state index is 12.6. The van der Waals surface area contributed by atoms with E-state index in [1.807, 2.05) is 32.0 Å². The molecule has 1 aliphatic carbocycles. The van der Waals surface area contributed by atoms with E-state index in [2.05, 4.69) is 22.0 Å². The third-order valence-corrected chi connectivity index (χ3v) is 5.11. The van der Waals surface area contributed by atoms with Crippen LogP contribution in [0, 0.1) is 18.8 Å². The fourth-order valence-corrected chi connectivity index (χ4v) is 3.31. The molecule has 0 radical (unpaired) electrons. The standard InChI is InChI=1S/C16H16BrNO2/c1-9-3-5-12-13(7-9)16(20)18(15(12)19)11-4-6-14(17)10(2)8-11/h3-4,6,8,12-13H,5,7H2,1-2H3. The maximum Gasteiger partial charge on any atom is 0.238 e. The molecule has 2 aliphatic rings. The molecular formula is C16H16BrNO2. The van der Waals surface area contributed by atoms with E-state index in [-0.39, 0.29) is 23.7 Å². The van der Waals surface area contributed by atoms with Gasteiger partial charge in [-0.05, 0) is 50.5 Å². The second-order valence-electron chi connectivity index (χ2n) is 5.65. The van der Waals surface area contributed by atoms with Crippen LogP contribution in [0.3, 0.4) is 0 Å². The average molecular weight is 334 g/mol. The normalized spacial score (nSPS) is 25.8. The Labute approximate surface area is 126 Å². The lowest BCUT2D eigenvalue weighted by atomic mass is 9.82. The Morgan fingerprint density at radius 3 is 2.55 bits per heavy atom. The number of aryl methyl sites for hydroxylation is 1. The van der Waals surface area contributed by atoms with Gasteiger partial charge in [0.15, 0.2) is 0 Å². The molecule has 0 saturated carbocycles. The van der Waals surface area contributed by atoms with Crippen LogP contribution in [-0.4, -0.2) is 11.8 Å². The Morgan fingerprint density at radius 1 is 1.15 bits per heavy atom. The number of imide groups is 1. The summed E-state index contributed by atoms with van der Waals surface area (Å²) in [5, 5.41) is 0. The second kappa shape index (κ2) is 4.85. The molecule has 3 rings (SSSR count). The van der Waals surface area contributed by atoms with E-state index in [9.17, 15) is 9.59 Å². The molecular weight excluding hydrogens is 318 g/mol. The quantitative estimate of drug-likeness (QED) is 0.581. The van der Waals surface area contributed by atoms with Crippen molar-refractivity contribution < 1.29 is 9.59 Å². The molecule has 1 aliphatic heterocycles. The number of benzene rings is 1. The predicted molar refractivity (Wildman–Crippen MR) is 81.3 cm³/mol.